The zero-order valence-electron chi connectivity index (χ0n) is 13.6. The first-order valence-electron chi connectivity index (χ1n) is 7.62. The fourth-order valence-electron chi connectivity index (χ4n) is 2.44. The van der Waals surface area contributed by atoms with Crippen molar-refractivity contribution in [1.82, 2.24) is 9.78 Å². The van der Waals surface area contributed by atoms with Crippen molar-refractivity contribution in [2.24, 2.45) is 5.73 Å². The molecule has 2 aromatic carbocycles. The van der Waals surface area contributed by atoms with Crippen molar-refractivity contribution in [2.75, 3.05) is 10.6 Å². The van der Waals surface area contributed by atoms with Crippen molar-refractivity contribution in [3.05, 3.63) is 72.1 Å². The Balaban J connectivity index is 1.76. The molecule has 7 heteroatoms. The molecule has 3 aromatic rings. The summed E-state index contributed by atoms with van der Waals surface area (Å²) in [6.07, 6.45) is 1.54. The van der Waals surface area contributed by atoms with Crippen LogP contribution in [-0.4, -0.2) is 21.7 Å². The molecule has 0 saturated heterocycles. The lowest BCUT2D eigenvalue weighted by Gasteiger charge is -2.07. The van der Waals surface area contributed by atoms with Gasteiger partial charge in [-0.25, -0.2) is 9.48 Å². The van der Waals surface area contributed by atoms with E-state index in [9.17, 15) is 9.59 Å². The summed E-state index contributed by atoms with van der Waals surface area (Å²) in [5, 5.41) is 9.56. The van der Waals surface area contributed by atoms with E-state index in [0.717, 1.165) is 11.4 Å². The van der Waals surface area contributed by atoms with Gasteiger partial charge in [0.15, 0.2) is 0 Å². The Hall–Kier alpha value is -3.61. The van der Waals surface area contributed by atoms with Crippen LogP contribution in [0.3, 0.4) is 0 Å². The number of nitrogens with zero attached hydrogens (tertiary/aromatic N) is 2. The number of hydrogen-bond donors (Lipinski definition) is 3. The van der Waals surface area contributed by atoms with E-state index in [1.54, 1.807) is 35.1 Å². The summed E-state index contributed by atoms with van der Waals surface area (Å²) in [7, 11) is 0. The number of anilines is 2. The van der Waals surface area contributed by atoms with Crippen LogP contribution >= 0.6 is 0 Å². The van der Waals surface area contributed by atoms with Gasteiger partial charge < -0.3 is 16.4 Å². The van der Waals surface area contributed by atoms with Gasteiger partial charge in [-0.3, -0.25) is 4.79 Å². The maximum atomic E-state index is 12.5. The Morgan fingerprint density at radius 2 is 1.56 bits per heavy atom. The van der Waals surface area contributed by atoms with E-state index in [1.165, 1.54) is 0 Å². The lowest BCUT2D eigenvalue weighted by molar-refractivity contribution is 0.102. The Bertz CT molecular complexity index is 901. The predicted octanol–water partition coefficient (Wildman–Crippen LogP) is 2.92. The first kappa shape index (κ1) is 16.3. The Morgan fingerprint density at radius 3 is 2.16 bits per heavy atom. The number of para-hydroxylation sites is 1. The molecule has 0 saturated carbocycles. The van der Waals surface area contributed by atoms with Gasteiger partial charge in [0.25, 0.3) is 5.91 Å². The fourth-order valence-corrected chi connectivity index (χ4v) is 2.44. The first-order valence-corrected chi connectivity index (χ1v) is 7.62. The van der Waals surface area contributed by atoms with Crippen LogP contribution in [0.5, 0.6) is 0 Å². The quantitative estimate of drug-likeness (QED) is 0.683. The molecule has 0 atom stereocenters. The molecule has 0 aliphatic heterocycles. The van der Waals surface area contributed by atoms with Crippen LogP contribution < -0.4 is 16.4 Å². The summed E-state index contributed by atoms with van der Waals surface area (Å²) < 4.78 is 1.72. The summed E-state index contributed by atoms with van der Waals surface area (Å²) in [6.45, 7) is 1.84. The molecule has 25 heavy (non-hydrogen) atoms. The number of nitrogens with one attached hydrogen (secondary N) is 2. The molecule has 4 N–H and O–H groups in total. The SMILES string of the molecule is Cc1c(C(=O)Nc2ccc(NC(N)=O)cc2)cnn1-c1ccccc1. The normalized spacial score (nSPS) is 10.3. The molecule has 0 aliphatic rings. The minimum Gasteiger partial charge on any atom is -0.351 e. The highest BCUT2D eigenvalue weighted by atomic mass is 16.2. The largest absolute Gasteiger partial charge is 0.351 e. The molecule has 3 rings (SSSR count). The van der Waals surface area contributed by atoms with Gasteiger partial charge in [0.05, 0.1) is 23.1 Å². The molecule has 0 unspecified atom stereocenters. The molecule has 0 spiro atoms. The standard InChI is InChI=1S/C18H17N5O2/c1-12-16(11-20-23(12)15-5-3-2-4-6-15)17(24)21-13-7-9-14(10-8-13)22-18(19)25/h2-11H,1H3,(H,21,24)(H3,19,22,25). The van der Waals surface area contributed by atoms with Crippen LogP contribution in [0.25, 0.3) is 5.69 Å². The zero-order valence-corrected chi connectivity index (χ0v) is 13.6. The minimum absolute atomic E-state index is 0.254. The number of hydrogen-bond acceptors (Lipinski definition) is 3. The lowest BCUT2D eigenvalue weighted by atomic mass is 10.2. The number of rotatable bonds is 4. The number of amides is 3. The Morgan fingerprint density at radius 1 is 0.960 bits per heavy atom. The van der Waals surface area contributed by atoms with Crippen LogP contribution in [0.2, 0.25) is 0 Å². The highest BCUT2D eigenvalue weighted by Crippen LogP contribution is 2.17. The maximum Gasteiger partial charge on any atom is 0.316 e. The molecule has 3 amide bonds. The molecular formula is C18H17N5O2. The van der Waals surface area contributed by atoms with Gasteiger partial charge >= 0.3 is 6.03 Å². The molecule has 126 valence electrons. The molecule has 1 aromatic heterocycles. The van der Waals surface area contributed by atoms with E-state index in [0.29, 0.717) is 16.9 Å². The summed E-state index contributed by atoms with van der Waals surface area (Å²) in [6, 6.07) is 15.6. The second-order valence-electron chi connectivity index (χ2n) is 5.41. The van der Waals surface area contributed by atoms with E-state index in [-0.39, 0.29) is 5.91 Å². The average Bonchev–Trinajstić information content (AvgIpc) is 2.98. The summed E-state index contributed by atoms with van der Waals surface area (Å²) in [5.74, 6) is -0.254. The van der Waals surface area contributed by atoms with E-state index in [4.69, 9.17) is 5.73 Å². The maximum absolute atomic E-state index is 12.5. The highest BCUT2D eigenvalue weighted by Gasteiger charge is 2.15. The van der Waals surface area contributed by atoms with Gasteiger partial charge in [-0.15, -0.1) is 0 Å². The van der Waals surface area contributed by atoms with Crippen LogP contribution in [0.15, 0.2) is 60.8 Å². The van der Waals surface area contributed by atoms with E-state index in [2.05, 4.69) is 15.7 Å². The van der Waals surface area contributed by atoms with E-state index < -0.39 is 6.03 Å². The highest BCUT2D eigenvalue weighted by molar-refractivity contribution is 6.05. The number of primary amides is 1. The number of benzene rings is 2. The van der Waals surface area contributed by atoms with Crippen LogP contribution in [-0.2, 0) is 0 Å². The monoisotopic (exact) mass is 335 g/mol. The van der Waals surface area contributed by atoms with Crippen LogP contribution in [0.1, 0.15) is 16.1 Å². The molecule has 0 bridgehead atoms. The van der Waals surface area contributed by atoms with Crippen molar-refractivity contribution in [2.45, 2.75) is 6.92 Å². The first-order chi connectivity index (χ1) is 12.0. The predicted molar refractivity (Wildman–Crippen MR) is 95.9 cm³/mol. The van der Waals surface area contributed by atoms with Gasteiger partial charge in [0.2, 0.25) is 0 Å². The molecule has 7 nitrogen and oxygen atoms in total. The van der Waals surface area contributed by atoms with Crippen molar-refractivity contribution >= 4 is 23.3 Å². The summed E-state index contributed by atoms with van der Waals surface area (Å²) in [4.78, 5) is 23.3. The van der Waals surface area contributed by atoms with Crippen LogP contribution in [0.4, 0.5) is 16.2 Å². The molecule has 1 heterocycles. The van der Waals surface area contributed by atoms with E-state index in [1.807, 2.05) is 37.3 Å². The zero-order chi connectivity index (χ0) is 17.8. The number of carbonyl (C=O) groups excluding carboxylic acids is 2. The van der Waals surface area contributed by atoms with Crippen molar-refractivity contribution in [3.8, 4) is 5.69 Å². The number of aromatic nitrogens is 2. The lowest BCUT2D eigenvalue weighted by Crippen LogP contribution is -2.19. The van der Waals surface area contributed by atoms with Gasteiger partial charge in [-0.1, -0.05) is 18.2 Å². The van der Waals surface area contributed by atoms with Crippen molar-refractivity contribution in [3.63, 3.8) is 0 Å². The fraction of sp³-hybridized carbons (Fsp3) is 0.0556. The number of urea groups is 1. The Kier molecular flexibility index (Phi) is 4.47. The third kappa shape index (κ3) is 3.66. The molecule has 0 aliphatic carbocycles. The number of nitrogens with two attached hydrogens (primary N) is 1. The number of carbonyl (C=O) groups is 2. The molecular weight excluding hydrogens is 318 g/mol. The third-order valence-corrected chi connectivity index (χ3v) is 3.67. The van der Waals surface area contributed by atoms with Gasteiger partial charge in [-0.05, 0) is 43.3 Å². The van der Waals surface area contributed by atoms with Crippen LogP contribution in [0, 0.1) is 6.92 Å². The topological polar surface area (TPSA) is 102 Å². The van der Waals surface area contributed by atoms with Crippen molar-refractivity contribution < 1.29 is 9.59 Å². The second-order valence-corrected chi connectivity index (χ2v) is 5.41. The van der Waals surface area contributed by atoms with E-state index >= 15 is 0 Å². The summed E-state index contributed by atoms with van der Waals surface area (Å²) in [5.41, 5.74) is 8.34. The summed E-state index contributed by atoms with van der Waals surface area (Å²) >= 11 is 0. The Labute approximate surface area is 144 Å². The average molecular weight is 335 g/mol. The molecule has 0 fully saturated rings. The van der Waals surface area contributed by atoms with Gasteiger partial charge in [0, 0.05) is 11.4 Å². The minimum atomic E-state index is -0.638. The second kappa shape index (κ2) is 6.88. The van der Waals surface area contributed by atoms with Crippen molar-refractivity contribution in [1.29, 1.82) is 0 Å². The third-order valence-electron chi connectivity index (χ3n) is 3.67. The smallest absolute Gasteiger partial charge is 0.316 e. The van der Waals surface area contributed by atoms with Gasteiger partial charge in [-0.2, -0.15) is 5.10 Å². The van der Waals surface area contributed by atoms with Gasteiger partial charge in [0.1, 0.15) is 0 Å². The molecule has 0 radical (unpaired) electrons.